The third kappa shape index (κ3) is 5.73. The molecular formula is C28H25Cl2N5O. The van der Waals surface area contributed by atoms with Gasteiger partial charge < -0.3 is 5.32 Å². The van der Waals surface area contributed by atoms with Crippen molar-refractivity contribution in [2.24, 2.45) is 0 Å². The highest BCUT2D eigenvalue weighted by Crippen LogP contribution is 2.37. The molecule has 1 amide bonds. The molecule has 182 valence electrons. The van der Waals surface area contributed by atoms with Crippen LogP contribution in [0.5, 0.6) is 0 Å². The summed E-state index contributed by atoms with van der Waals surface area (Å²) in [6.45, 7) is 2.80. The minimum absolute atomic E-state index is 0.228. The van der Waals surface area contributed by atoms with Gasteiger partial charge in [0.05, 0.1) is 11.0 Å². The number of benzene rings is 2. The molecule has 0 saturated carbocycles. The lowest BCUT2D eigenvalue weighted by Crippen LogP contribution is -2.33. The number of amides is 1. The molecular weight excluding hydrogens is 493 g/mol. The van der Waals surface area contributed by atoms with E-state index in [1.165, 1.54) is 6.20 Å². The van der Waals surface area contributed by atoms with Gasteiger partial charge in [-0.05, 0) is 73.8 Å². The lowest BCUT2D eigenvalue weighted by molar-refractivity contribution is 0.102. The van der Waals surface area contributed by atoms with Gasteiger partial charge in [-0.25, -0.2) is 4.98 Å². The van der Waals surface area contributed by atoms with Gasteiger partial charge in [0.2, 0.25) is 0 Å². The smallest absolute Gasteiger partial charge is 0.255 e. The molecule has 1 aliphatic rings. The molecule has 1 aliphatic heterocycles. The number of carbonyl (C=O) groups is 1. The molecule has 5 rings (SSSR count). The molecule has 0 radical (unpaired) electrons. The van der Waals surface area contributed by atoms with Crippen LogP contribution in [-0.4, -0.2) is 45.4 Å². The molecule has 6 nitrogen and oxygen atoms in total. The SMILES string of the molecule is O=C(Nc1ccc2nccnc2c1C1CCN(C/C=C/c2ccc(Cl)cc2)CC1)c1ccnc(Cl)c1. The van der Waals surface area contributed by atoms with E-state index in [1.54, 1.807) is 24.5 Å². The Labute approximate surface area is 220 Å². The van der Waals surface area contributed by atoms with Gasteiger partial charge in [-0.1, -0.05) is 47.5 Å². The molecule has 0 aliphatic carbocycles. The number of hydrogen-bond donors (Lipinski definition) is 1. The van der Waals surface area contributed by atoms with Gasteiger partial charge in [0.25, 0.3) is 5.91 Å². The summed E-state index contributed by atoms with van der Waals surface area (Å²) in [5.41, 5.74) is 5.07. The van der Waals surface area contributed by atoms with E-state index in [4.69, 9.17) is 23.2 Å². The van der Waals surface area contributed by atoms with Gasteiger partial charge in [0, 0.05) is 47.0 Å². The summed E-state index contributed by atoms with van der Waals surface area (Å²) in [6.07, 6.45) is 11.2. The number of aromatic nitrogens is 3. The normalized spacial score (nSPS) is 14.9. The summed E-state index contributed by atoms with van der Waals surface area (Å²) in [5, 5.41) is 4.11. The predicted octanol–water partition coefficient (Wildman–Crippen LogP) is 6.48. The van der Waals surface area contributed by atoms with Crippen LogP contribution in [0.15, 0.2) is 73.2 Å². The second kappa shape index (κ2) is 11.2. The van der Waals surface area contributed by atoms with Crippen molar-refractivity contribution in [3.63, 3.8) is 0 Å². The summed E-state index contributed by atoms with van der Waals surface area (Å²) in [6, 6.07) is 14.9. The summed E-state index contributed by atoms with van der Waals surface area (Å²) in [5.74, 6) is 0.0341. The van der Waals surface area contributed by atoms with Crippen LogP contribution < -0.4 is 5.32 Å². The summed E-state index contributed by atoms with van der Waals surface area (Å²) in [7, 11) is 0. The van der Waals surface area contributed by atoms with Crippen molar-refractivity contribution in [3.8, 4) is 0 Å². The molecule has 0 atom stereocenters. The van der Waals surface area contributed by atoms with Gasteiger partial charge >= 0.3 is 0 Å². The van der Waals surface area contributed by atoms with Crippen LogP contribution in [0.2, 0.25) is 10.2 Å². The van der Waals surface area contributed by atoms with Crippen molar-refractivity contribution in [3.05, 3.63) is 100 Å². The Bertz CT molecular complexity index is 1400. The van der Waals surface area contributed by atoms with Crippen molar-refractivity contribution in [1.82, 2.24) is 19.9 Å². The fraction of sp³-hybridized carbons (Fsp3) is 0.214. The number of likely N-dealkylation sites (tertiary alicyclic amines) is 1. The lowest BCUT2D eigenvalue weighted by Gasteiger charge is -2.32. The quantitative estimate of drug-likeness (QED) is 0.296. The minimum Gasteiger partial charge on any atom is -0.322 e. The fourth-order valence-corrected chi connectivity index (χ4v) is 4.93. The van der Waals surface area contributed by atoms with E-state index in [0.717, 1.165) is 65.3 Å². The van der Waals surface area contributed by atoms with E-state index in [0.29, 0.717) is 5.56 Å². The molecule has 2 aromatic carbocycles. The number of hydrogen-bond acceptors (Lipinski definition) is 5. The number of rotatable bonds is 6. The van der Waals surface area contributed by atoms with Gasteiger partial charge in [-0.15, -0.1) is 0 Å². The second-order valence-corrected chi connectivity index (χ2v) is 9.62. The number of piperidine rings is 1. The number of anilines is 1. The topological polar surface area (TPSA) is 71.0 Å². The average molecular weight is 518 g/mol. The third-order valence-corrected chi connectivity index (χ3v) is 6.92. The summed E-state index contributed by atoms with van der Waals surface area (Å²) in [4.78, 5) is 28.5. The molecule has 36 heavy (non-hydrogen) atoms. The van der Waals surface area contributed by atoms with E-state index in [1.807, 2.05) is 36.4 Å². The maximum absolute atomic E-state index is 13.0. The van der Waals surface area contributed by atoms with Gasteiger partial charge in [0.15, 0.2) is 0 Å². The Morgan fingerprint density at radius 1 is 0.972 bits per heavy atom. The largest absolute Gasteiger partial charge is 0.322 e. The van der Waals surface area contributed by atoms with E-state index in [-0.39, 0.29) is 17.0 Å². The zero-order valence-corrected chi connectivity index (χ0v) is 21.1. The lowest BCUT2D eigenvalue weighted by atomic mass is 9.87. The number of halogens is 2. The molecule has 3 heterocycles. The molecule has 0 unspecified atom stereocenters. The van der Waals surface area contributed by atoms with Gasteiger partial charge in [-0.3, -0.25) is 19.7 Å². The Morgan fingerprint density at radius 3 is 2.53 bits per heavy atom. The molecule has 1 saturated heterocycles. The highest BCUT2D eigenvalue weighted by Gasteiger charge is 2.25. The first kappa shape index (κ1) is 24.4. The second-order valence-electron chi connectivity index (χ2n) is 8.80. The average Bonchev–Trinajstić information content (AvgIpc) is 2.90. The number of pyridine rings is 1. The molecule has 8 heteroatoms. The van der Waals surface area contributed by atoms with Crippen LogP contribution >= 0.6 is 23.2 Å². The van der Waals surface area contributed by atoms with Gasteiger partial charge in [0.1, 0.15) is 5.15 Å². The number of nitrogens with zero attached hydrogens (tertiary/aromatic N) is 4. The molecule has 0 spiro atoms. The number of carbonyl (C=O) groups excluding carboxylic acids is 1. The zero-order valence-electron chi connectivity index (χ0n) is 19.6. The van der Waals surface area contributed by atoms with Crippen molar-refractivity contribution in [2.75, 3.05) is 25.0 Å². The monoisotopic (exact) mass is 517 g/mol. The van der Waals surface area contributed by atoms with Crippen LogP contribution in [0.4, 0.5) is 5.69 Å². The minimum atomic E-state index is -0.228. The van der Waals surface area contributed by atoms with Crippen molar-refractivity contribution in [1.29, 1.82) is 0 Å². The van der Waals surface area contributed by atoms with Crippen molar-refractivity contribution >= 4 is 51.9 Å². The Morgan fingerprint density at radius 2 is 1.75 bits per heavy atom. The van der Waals surface area contributed by atoms with Crippen molar-refractivity contribution in [2.45, 2.75) is 18.8 Å². The van der Waals surface area contributed by atoms with E-state index in [2.05, 4.69) is 37.3 Å². The van der Waals surface area contributed by atoms with Crippen LogP contribution in [0.3, 0.4) is 0 Å². The zero-order chi connectivity index (χ0) is 24.9. The first-order chi connectivity index (χ1) is 17.6. The Balaban J connectivity index is 1.32. The van der Waals surface area contributed by atoms with Crippen molar-refractivity contribution < 1.29 is 4.79 Å². The molecule has 0 bridgehead atoms. The highest BCUT2D eigenvalue weighted by molar-refractivity contribution is 6.30. The van der Waals surface area contributed by atoms with Crippen LogP contribution in [0, 0.1) is 0 Å². The van der Waals surface area contributed by atoms with Gasteiger partial charge in [-0.2, -0.15) is 0 Å². The standard InChI is InChI=1S/C28H25Cl2N5O/c29-22-5-3-19(4-6-22)2-1-15-35-16-10-20(11-17-35)26-23(7-8-24-27(26)33-14-13-31-24)34-28(36)21-9-12-32-25(30)18-21/h1-9,12-14,18,20H,10-11,15-17H2,(H,34,36)/b2-1+. The molecule has 4 aromatic rings. The summed E-state index contributed by atoms with van der Waals surface area (Å²) >= 11 is 12.0. The maximum Gasteiger partial charge on any atom is 0.255 e. The van der Waals surface area contributed by atoms with E-state index < -0.39 is 0 Å². The predicted molar refractivity (Wildman–Crippen MR) is 146 cm³/mol. The first-order valence-electron chi connectivity index (χ1n) is 11.9. The fourth-order valence-electron chi connectivity index (χ4n) is 4.63. The van der Waals surface area contributed by atoms with E-state index >= 15 is 0 Å². The molecule has 1 fully saturated rings. The Hall–Kier alpha value is -3.32. The molecule has 2 aromatic heterocycles. The molecule has 1 N–H and O–H groups in total. The summed E-state index contributed by atoms with van der Waals surface area (Å²) < 4.78 is 0. The van der Waals surface area contributed by atoms with Crippen LogP contribution in [0.25, 0.3) is 17.1 Å². The highest BCUT2D eigenvalue weighted by atomic mass is 35.5. The maximum atomic E-state index is 13.0. The van der Waals surface area contributed by atoms with Crippen LogP contribution in [0.1, 0.15) is 40.2 Å². The number of nitrogens with one attached hydrogen (secondary N) is 1. The third-order valence-electron chi connectivity index (χ3n) is 6.46. The Kier molecular flexibility index (Phi) is 7.56. The van der Waals surface area contributed by atoms with E-state index in [9.17, 15) is 4.79 Å². The number of fused-ring (bicyclic) bond motifs is 1. The first-order valence-corrected chi connectivity index (χ1v) is 12.6. The van der Waals surface area contributed by atoms with Crippen LogP contribution in [-0.2, 0) is 0 Å².